The van der Waals surface area contributed by atoms with Gasteiger partial charge in [-0.2, -0.15) is 9.97 Å². The lowest BCUT2D eigenvalue weighted by molar-refractivity contribution is 0.107. The van der Waals surface area contributed by atoms with Gasteiger partial charge in [0, 0.05) is 67.4 Å². The van der Waals surface area contributed by atoms with Crippen LogP contribution < -0.4 is 19.7 Å². The second-order valence-corrected chi connectivity index (χ2v) is 12.7. The van der Waals surface area contributed by atoms with Crippen LogP contribution in [0.1, 0.15) is 56.9 Å². The van der Waals surface area contributed by atoms with E-state index < -0.39 is 12.0 Å². The lowest BCUT2D eigenvalue weighted by Crippen LogP contribution is -2.51. The summed E-state index contributed by atoms with van der Waals surface area (Å²) in [5.74, 6) is 0.651. The van der Waals surface area contributed by atoms with Crippen molar-refractivity contribution in [2.45, 2.75) is 75.2 Å². The third-order valence-corrected chi connectivity index (χ3v) is 10.1. The molecule has 2 bridgehead atoms. The van der Waals surface area contributed by atoms with Crippen LogP contribution in [0, 0.1) is 5.82 Å². The fraction of sp³-hybridized carbons (Fsp3) is 0.581. The largest absolute Gasteiger partial charge is 0.508 e. The second kappa shape index (κ2) is 9.87. The van der Waals surface area contributed by atoms with Gasteiger partial charge in [0.1, 0.15) is 41.3 Å². The topological polar surface area (TPSA) is 95.9 Å². The first-order chi connectivity index (χ1) is 20.4. The molecule has 2 aromatic heterocycles. The first-order valence-corrected chi connectivity index (χ1v) is 15.3. The summed E-state index contributed by atoms with van der Waals surface area (Å²) in [6.45, 7) is 5.60. The molecule has 5 aliphatic rings. The molecule has 1 unspecified atom stereocenters. The monoisotopic (exact) mass is 578 g/mol. The number of halogens is 2. The number of ether oxygens (including phenoxy) is 2. The van der Waals surface area contributed by atoms with Gasteiger partial charge < -0.3 is 24.8 Å². The number of aromatic nitrogens is 3. The number of alkyl halides is 1. The molecule has 3 aromatic rings. The Bertz CT molecular complexity index is 1550. The van der Waals surface area contributed by atoms with Crippen molar-refractivity contribution in [2.75, 3.05) is 44.3 Å². The molecule has 0 amide bonds. The Morgan fingerprint density at radius 2 is 2.02 bits per heavy atom. The zero-order valence-electron chi connectivity index (χ0n) is 23.8. The maximum absolute atomic E-state index is 16.7. The van der Waals surface area contributed by atoms with E-state index in [4.69, 9.17) is 14.5 Å². The minimum absolute atomic E-state index is 0.00593. The number of nitrogens with zero attached hydrogens (tertiary/aromatic N) is 5. The molecule has 0 spiro atoms. The van der Waals surface area contributed by atoms with E-state index in [0.29, 0.717) is 54.2 Å². The number of hydrogen-bond acceptors (Lipinski definition) is 9. The van der Waals surface area contributed by atoms with Crippen molar-refractivity contribution in [3.05, 3.63) is 29.7 Å². The zero-order chi connectivity index (χ0) is 28.6. The Balaban J connectivity index is 1.23. The van der Waals surface area contributed by atoms with E-state index in [1.165, 1.54) is 0 Å². The van der Waals surface area contributed by atoms with E-state index in [2.05, 4.69) is 32.0 Å². The highest BCUT2D eigenvalue weighted by Crippen LogP contribution is 2.46. The Morgan fingerprint density at radius 1 is 1.19 bits per heavy atom. The molecule has 9 nitrogen and oxygen atoms in total. The highest BCUT2D eigenvalue weighted by atomic mass is 19.1. The van der Waals surface area contributed by atoms with E-state index in [1.807, 2.05) is 0 Å². The van der Waals surface area contributed by atoms with Crippen LogP contribution in [0.2, 0.25) is 0 Å². The predicted molar refractivity (Wildman–Crippen MR) is 154 cm³/mol. The molecule has 4 saturated heterocycles. The first kappa shape index (κ1) is 26.3. The summed E-state index contributed by atoms with van der Waals surface area (Å²) in [6.07, 6.45) is 6.07. The van der Waals surface area contributed by atoms with Gasteiger partial charge in [0.05, 0.1) is 17.5 Å². The number of pyridine rings is 1. The van der Waals surface area contributed by atoms with E-state index >= 15 is 4.39 Å². The Hall–Kier alpha value is -3.31. The number of anilines is 1. The molecule has 11 heteroatoms. The SMILES string of the molecule is CCC1COc2cc(O)cc(-c3ncc4c(N5C[C@H]6CC[C@@H](C5)N6)nc(OC[C@@]56CCCN5C[C@H](F)C6)nc4c3F)c21. The minimum Gasteiger partial charge on any atom is -0.508 e. The van der Waals surface area contributed by atoms with Crippen molar-refractivity contribution >= 4 is 16.7 Å². The average molecular weight is 579 g/mol. The quantitative estimate of drug-likeness (QED) is 0.444. The zero-order valence-corrected chi connectivity index (χ0v) is 23.8. The normalized spacial score (nSPS) is 30.1. The third kappa shape index (κ3) is 4.18. The van der Waals surface area contributed by atoms with E-state index in [9.17, 15) is 9.50 Å². The number of benzene rings is 1. The molecule has 222 valence electrons. The van der Waals surface area contributed by atoms with E-state index in [0.717, 1.165) is 57.3 Å². The molecule has 42 heavy (non-hydrogen) atoms. The number of fused-ring (bicyclic) bond motifs is 5. The van der Waals surface area contributed by atoms with E-state index in [-0.39, 0.29) is 41.0 Å². The van der Waals surface area contributed by atoms with Crippen molar-refractivity contribution in [1.29, 1.82) is 0 Å². The Morgan fingerprint density at radius 3 is 2.83 bits per heavy atom. The molecule has 7 heterocycles. The Labute approximate surface area is 243 Å². The molecular formula is C31H36F2N6O3. The van der Waals surface area contributed by atoms with Crippen LogP contribution in [0.15, 0.2) is 18.3 Å². The lowest BCUT2D eigenvalue weighted by Gasteiger charge is -2.34. The van der Waals surface area contributed by atoms with Crippen LogP contribution >= 0.6 is 0 Å². The minimum atomic E-state index is -0.871. The lowest BCUT2D eigenvalue weighted by atomic mass is 9.91. The summed E-state index contributed by atoms with van der Waals surface area (Å²) in [5, 5.41) is 14.6. The van der Waals surface area contributed by atoms with Crippen LogP contribution in [0.25, 0.3) is 22.2 Å². The van der Waals surface area contributed by atoms with Crippen molar-refractivity contribution in [3.63, 3.8) is 0 Å². The van der Waals surface area contributed by atoms with Crippen LogP contribution in [0.3, 0.4) is 0 Å². The third-order valence-electron chi connectivity index (χ3n) is 10.1. The number of piperazine rings is 1. The van der Waals surface area contributed by atoms with Gasteiger partial charge in [-0.15, -0.1) is 0 Å². The predicted octanol–water partition coefficient (Wildman–Crippen LogP) is 4.32. The summed E-state index contributed by atoms with van der Waals surface area (Å²) in [7, 11) is 0. The second-order valence-electron chi connectivity index (χ2n) is 12.7. The Kier molecular flexibility index (Phi) is 6.19. The molecule has 2 N–H and O–H groups in total. The molecular weight excluding hydrogens is 542 g/mol. The maximum Gasteiger partial charge on any atom is 0.319 e. The van der Waals surface area contributed by atoms with Gasteiger partial charge in [-0.3, -0.25) is 9.88 Å². The summed E-state index contributed by atoms with van der Waals surface area (Å²) in [5.41, 5.74) is 1.24. The maximum atomic E-state index is 16.7. The number of rotatable bonds is 6. The van der Waals surface area contributed by atoms with Crippen molar-refractivity contribution in [2.24, 2.45) is 0 Å². The molecule has 0 saturated carbocycles. The van der Waals surface area contributed by atoms with Crippen molar-refractivity contribution in [1.82, 2.24) is 25.2 Å². The van der Waals surface area contributed by atoms with Crippen LogP contribution in [0.5, 0.6) is 17.5 Å². The number of nitrogens with one attached hydrogen (secondary N) is 1. The molecule has 1 aromatic carbocycles. The number of phenolic OH excluding ortho intramolecular Hbond substituents is 1. The molecule has 0 radical (unpaired) electrons. The number of phenols is 1. The number of hydrogen-bond donors (Lipinski definition) is 2. The van der Waals surface area contributed by atoms with Crippen LogP contribution in [-0.2, 0) is 0 Å². The van der Waals surface area contributed by atoms with Crippen LogP contribution in [0.4, 0.5) is 14.6 Å². The first-order valence-electron chi connectivity index (χ1n) is 15.3. The fourth-order valence-corrected chi connectivity index (χ4v) is 8.08. The summed E-state index contributed by atoms with van der Waals surface area (Å²) in [4.78, 5) is 18.4. The van der Waals surface area contributed by atoms with Gasteiger partial charge >= 0.3 is 6.01 Å². The summed E-state index contributed by atoms with van der Waals surface area (Å²) >= 11 is 0. The number of aromatic hydroxyl groups is 1. The average Bonchev–Trinajstić information content (AvgIpc) is 3.73. The van der Waals surface area contributed by atoms with Gasteiger partial charge in [-0.1, -0.05) is 6.92 Å². The summed E-state index contributed by atoms with van der Waals surface area (Å²) < 4.78 is 43.2. The summed E-state index contributed by atoms with van der Waals surface area (Å²) in [6, 6.07) is 3.93. The molecule has 5 atom stereocenters. The van der Waals surface area contributed by atoms with Gasteiger partial charge in [0.2, 0.25) is 0 Å². The standard InChI is InChI=1S/C31H36F2N6O3/c1-2-17-15-41-24-9-21(40)8-22(25(17)24)27-26(33)28-23(11-34-27)29(38-13-19-4-5-20(14-38)35-19)37-30(36-28)42-16-31-6-3-7-39(31)12-18(32)10-31/h8-9,11,17-20,35,40H,2-7,10,12-16H2,1H3/t17?,18-,19-,20+,31+/m1/s1. The van der Waals surface area contributed by atoms with Crippen molar-refractivity contribution < 1.29 is 23.4 Å². The van der Waals surface area contributed by atoms with Gasteiger partial charge in [-0.05, 0) is 44.7 Å². The van der Waals surface area contributed by atoms with Crippen LogP contribution in [-0.4, -0.2) is 88.1 Å². The smallest absolute Gasteiger partial charge is 0.319 e. The molecule has 0 aliphatic carbocycles. The van der Waals surface area contributed by atoms with Gasteiger partial charge in [0.15, 0.2) is 5.82 Å². The van der Waals surface area contributed by atoms with Gasteiger partial charge in [0.25, 0.3) is 0 Å². The molecule has 8 rings (SSSR count). The molecule has 5 aliphatic heterocycles. The highest BCUT2D eigenvalue weighted by Gasteiger charge is 2.49. The highest BCUT2D eigenvalue weighted by molar-refractivity contribution is 5.92. The van der Waals surface area contributed by atoms with Crippen molar-refractivity contribution in [3.8, 4) is 28.8 Å². The molecule has 4 fully saturated rings. The van der Waals surface area contributed by atoms with Gasteiger partial charge in [-0.25, -0.2) is 8.78 Å². The van der Waals surface area contributed by atoms with E-state index in [1.54, 1.807) is 18.3 Å². The fourth-order valence-electron chi connectivity index (χ4n) is 8.08.